The van der Waals surface area contributed by atoms with Crippen LogP contribution in [0.15, 0.2) is 12.2 Å². The van der Waals surface area contributed by atoms with Crippen LogP contribution in [0.2, 0.25) is 0 Å². The number of hydrogen-bond donors (Lipinski definition) is 0. The monoisotopic (exact) mass is 240 g/mol. The Labute approximate surface area is 98.0 Å². The van der Waals surface area contributed by atoms with Crippen molar-refractivity contribution in [3.05, 3.63) is 12.2 Å². The van der Waals surface area contributed by atoms with Crippen LogP contribution in [0.1, 0.15) is 45.4 Å². The highest BCUT2D eigenvalue weighted by molar-refractivity contribution is 7.92. The Balaban J connectivity index is 2.17. The first kappa shape index (κ1) is 10.8. The summed E-state index contributed by atoms with van der Waals surface area (Å²) in [5, 5.41) is -0.120. The second-order valence-electron chi connectivity index (χ2n) is 5.97. The molecular weight excluding hydrogens is 220 g/mol. The van der Waals surface area contributed by atoms with E-state index in [1.165, 1.54) is 12.8 Å². The lowest BCUT2D eigenvalue weighted by Crippen LogP contribution is -2.47. The van der Waals surface area contributed by atoms with Crippen LogP contribution in [0, 0.1) is 10.8 Å². The largest absolute Gasteiger partial charge is 0.229 e. The van der Waals surface area contributed by atoms with Crippen LogP contribution in [-0.2, 0) is 9.84 Å². The van der Waals surface area contributed by atoms with Crippen molar-refractivity contribution in [2.45, 2.75) is 50.7 Å². The average Bonchev–Trinajstić information content (AvgIpc) is 2.45. The molecule has 0 aromatic heterocycles. The first-order valence-corrected chi connectivity index (χ1v) is 8.11. The van der Waals surface area contributed by atoms with Gasteiger partial charge >= 0.3 is 0 Å². The lowest BCUT2D eigenvalue weighted by Gasteiger charge is -2.51. The van der Waals surface area contributed by atoms with Crippen LogP contribution < -0.4 is 0 Å². The second kappa shape index (κ2) is 3.12. The predicted octanol–water partition coefficient (Wildman–Crippen LogP) is 2.70. The summed E-state index contributed by atoms with van der Waals surface area (Å²) in [7, 11) is -2.85. The van der Waals surface area contributed by atoms with Gasteiger partial charge in [0.15, 0.2) is 9.84 Å². The van der Waals surface area contributed by atoms with Gasteiger partial charge in [0.2, 0.25) is 0 Å². The van der Waals surface area contributed by atoms with E-state index in [4.69, 9.17) is 0 Å². The van der Waals surface area contributed by atoms with Crippen molar-refractivity contribution in [2.75, 3.05) is 5.75 Å². The number of sulfone groups is 1. The molecule has 2 nitrogen and oxygen atoms in total. The van der Waals surface area contributed by atoms with Crippen LogP contribution >= 0.6 is 0 Å². The van der Waals surface area contributed by atoms with E-state index >= 15 is 0 Å². The first-order chi connectivity index (χ1) is 7.53. The van der Waals surface area contributed by atoms with Crippen LogP contribution in [0.5, 0.6) is 0 Å². The molecule has 0 aromatic carbocycles. The lowest BCUT2D eigenvalue weighted by atomic mass is 9.51. The molecule has 2 aliphatic carbocycles. The highest BCUT2D eigenvalue weighted by atomic mass is 32.2. The van der Waals surface area contributed by atoms with E-state index < -0.39 is 9.84 Å². The fourth-order valence-corrected chi connectivity index (χ4v) is 7.29. The summed E-state index contributed by atoms with van der Waals surface area (Å²) in [6, 6.07) is 0. The van der Waals surface area contributed by atoms with Crippen molar-refractivity contribution < 1.29 is 8.42 Å². The molecule has 0 amide bonds. The number of rotatable bonds is 0. The van der Waals surface area contributed by atoms with Crippen molar-refractivity contribution in [2.24, 2.45) is 10.8 Å². The molecule has 3 atom stereocenters. The number of hydrogen-bond acceptors (Lipinski definition) is 2. The van der Waals surface area contributed by atoms with Gasteiger partial charge in [0.05, 0.1) is 11.0 Å². The van der Waals surface area contributed by atoms with Gasteiger partial charge in [0.25, 0.3) is 0 Å². The van der Waals surface area contributed by atoms with Gasteiger partial charge in [-0.2, -0.15) is 0 Å². The molecule has 0 N–H and O–H groups in total. The van der Waals surface area contributed by atoms with Gasteiger partial charge in [0, 0.05) is 0 Å². The minimum Gasteiger partial charge on any atom is -0.229 e. The molecule has 1 saturated heterocycles. The molecule has 0 radical (unpaired) electrons. The molecular formula is C13H20O2S. The zero-order valence-corrected chi connectivity index (χ0v) is 10.7. The first-order valence-electron chi connectivity index (χ1n) is 6.39. The van der Waals surface area contributed by atoms with E-state index in [-0.39, 0.29) is 16.1 Å². The third-order valence-corrected chi connectivity index (χ3v) is 8.02. The lowest BCUT2D eigenvalue weighted by molar-refractivity contribution is 0.0154. The van der Waals surface area contributed by atoms with E-state index in [9.17, 15) is 8.42 Å². The summed E-state index contributed by atoms with van der Waals surface area (Å²) in [6.07, 6.45) is 11.1. The molecule has 0 unspecified atom stereocenters. The summed E-state index contributed by atoms with van der Waals surface area (Å²) in [5.74, 6) is 0.450. The standard InChI is InChI=1S/C13H20O2S/c1-11-13-8-4-2-6-12(13,7-3-5-9-13)10-16(11,14)15/h2,4,11H,3,5-10H2,1H3/t11-,12-,13+/m1/s1. The molecule has 90 valence electrons. The fraction of sp³-hybridized carbons (Fsp3) is 0.846. The van der Waals surface area contributed by atoms with Crippen LogP contribution in [0.4, 0.5) is 0 Å². The van der Waals surface area contributed by atoms with Gasteiger partial charge in [-0.25, -0.2) is 8.42 Å². The normalized spacial score (nSPS) is 49.7. The Hall–Kier alpha value is -0.310. The summed E-state index contributed by atoms with van der Waals surface area (Å²) in [5.41, 5.74) is 0.178. The molecule has 3 aliphatic rings. The van der Waals surface area contributed by atoms with Crippen LogP contribution in [0.25, 0.3) is 0 Å². The molecule has 0 bridgehead atoms. The molecule has 0 spiro atoms. The summed E-state index contributed by atoms with van der Waals surface area (Å²) in [4.78, 5) is 0. The zero-order chi connectivity index (χ0) is 11.4. The fourth-order valence-electron chi connectivity index (χ4n) is 4.57. The summed E-state index contributed by atoms with van der Waals surface area (Å²) >= 11 is 0. The molecule has 3 heteroatoms. The Morgan fingerprint density at radius 3 is 2.56 bits per heavy atom. The SMILES string of the molecule is C[C@@H]1[C@@]23CC=CC[C@@]2(CCCC3)CS1(=O)=O. The number of allylic oxidation sites excluding steroid dienone is 2. The smallest absolute Gasteiger partial charge is 0.154 e. The van der Waals surface area contributed by atoms with Gasteiger partial charge in [-0.05, 0) is 43.4 Å². The van der Waals surface area contributed by atoms with Crippen molar-refractivity contribution >= 4 is 9.84 Å². The van der Waals surface area contributed by atoms with Crippen molar-refractivity contribution in [3.63, 3.8) is 0 Å². The van der Waals surface area contributed by atoms with Crippen molar-refractivity contribution in [1.82, 2.24) is 0 Å². The zero-order valence-electron chi connectivity index (χ0n) is 9.91. The van der Waals surface area contributed by atoms with Crippen molar-refractivity contribution in [1.29, 1.82) is 0 Å². The van der Waals surface area contributed by atoms with Gasteiger partial charge < -0.3 is 0 Å². The molecule has 1 aliphatic heterocycles. The molecule has 16 heavy (non-hydrogen) atoms. The Morgan fingerprint density at radius 1 is 1.12 bits per heavy atom. The van der Waals surface area contributed by atoms with Crippen LogP contribution in [0.3, 0.4) is 0 Å². The summed E-state index contributed by atoms with van der Waals surface area (Å²) in [6.45, 7) is 1.96. The maximum absolute atomic E-state index is 12.3. The minimum atomic E-state index is -2.85. The van der Waals surface area contributed by atoms with Gasteiger partial charge in [-0.1, -0.05) is 25.0 Å². The van der Waals surface area contributed by atoms with Crippen LogP contribution in [-0.4, -0.2) is 19.4 Å². The van der Waals surface area contributed by atoms with Gasteiger partial charge in [-0.15, -0.1) is 0 Å². The maximum Gasteiger partial charge on any atom is 0.154 e. The third kappa shape index (κ3) is 1.10. The molecule has 2 fully saturated rings. The molecule has 1 saturated carbocycles. The second-order valence-corrected chi connectivity index (χ2v) is 8.29. The minimum absolute atomic E-state index is 0.0822. The van der Waals surface area contributed by atoms with E-state index in [2.05, 4.69) is 12.2 Å². The van der Waals surface area contributed by atoms with Gasteiger partial charge in [-0.3, -0.25) is 0 Å². The average molecular weight is 240 g/mol. The van der Waals surface area contributed by atoms with E-state index in [1.54, 1.807) is 0 Å². The third-order valence-electron chi connectivity index (χ3n) is 5.54. The predicted molar refractivity (Wildman–Crippen MR) is 65.0 cm³/mol. The van der Waals surface area contributed by atoms with E-state index in [1.807, 2.05) is 6.92 Å². The Kier molecular flexibility index (Phi) is 2.11. The Morgan fingerprint density at radius 2 is 1.81 bits per heavy atom. The summed E-state index contributed by atoms with van der Waals surface area (Å²) < 4.78 is 24.5. The maximum atomic E-state index is 12.3. The topological polar surface area (TPSA) is 34.1 Å². The quantitative estimate of drug-likeness (QED) is 0.610. The van der Waals surface area contributed by atoms with Crippen molar-refractivity contribution in [3.8, 4) is 0 Å². The van der Waals surface area contributed by atoms with E-state index in [0.717, 1.165) is 25.7 Å². The molecule has 1 heterocycles. The molecule has 0 aromatic rings. The highest BCUT2D eigenvalue weighted by Crippen LogP contribution is 2.65. The Bertz CT molecular complexity index is 437. The highest BCUT2D eigenvalue weighted by Gasteiger charge is 2.64. The van der Waals surface area contributed by atoms with Gasteiger partial charge in [0.1, 0.15) is 0 Å². The molecule has 3 rings (SSSR count). The van der Waals surface area contributed by atoms with E-state index in [0.29, 0.717) is 5.75 Å².